The number of carbonyl (C=O) groups excluding carboxylic acids is 2. The van der Waals surface area contributed by atoms with Gasteiger partial charge in [-0.15, -0.1) is 0 Å². The Morgan fingerprint density at radius 1 is 0.816 bits per heavy atom. The molecule has 4 aromatic carbocycles. The van der Waals surface area contributed by atoms with E-state index in [2.05, 4.69) is 49.5 Å². The first-order valence-corrected chi connectivity index (χ1v) is 13.6. The van der Waals surface area contributed by atoms with Gasteiger partial charge in [-0.3, -0.25) is 9.59 Å². The SMILES string of the molecule is CC[C@@H](C)NC(=O)[C@H](Cc1ccccc1)N(Cc1ccccc1C)C(=O)CCc1cccc2ccccc12. The number of carbonyl (C=O) groups is 2. The fourth-order valence-corrected chi connectivity index (χ4v) is 4.86. The third kappa shape index (κ3) is 6.89. The average molecular weight is 507 g/mol. The molecular weight excluding hydrogens is 468 g/mol. The van der Waals surface area contributed by atoms with Gasteiger partial charge in [0, 0.05) is 25.4 Å². The minimum atomic E-state index is -0.606. The Morgan fingerprint density at radius 2 is 1.47 bits per heavy atom. The van der Waals surface area contributed by atoms with Crippen molar-refractivity contribution in [3.63, 3.8) is 0 Å². The molecule has 4 heteroatoms. The Bertz CT molecular complexity index is 1360. The molecule has 0 heterocycles. The molecule has 0 unspecified atom stereocenters. The first kappa shape index (κ1) is 27.1. The molecule has 0 aliphatic rings. The third-order valence-electron chi connectivity index (χ3n) is 7.36. The van der Waals surface area contributed by atoms with E-state index < -0.39 is 6.04 Å². The number of hydrogen-bond acceptors (Lipinski definition) is 2. The summed E-state index contributed by atoms with van der Waals surface area (Å²) in [6.45, 7) is 6.51. The van der Waals surface area contributed by atoms with Crippen LogP contribution < -0.4 is 5.32 Å². The molecule has 0 saturated heterocycles. The summed E-state index contributed by atoms with van der Waals surface area (Å²) in [4.78, 5) is 29.5. The van der Waals surface area contributed by atoms with Gasteiger partial charge in [0.2, 0.25) is 11.8 Å². The molecular formula is C34H38N2O2. The maximum absolute atomic E-state index is 14.0. The second kappa shape index (κ2) is 13.0. The molecule has 0 spiro atoms. The van der Waals surface area contributed by atoms with E-state index in [1.165, 1.54) is 10.8 Å². The van der Waals surface area contributed by atoms with E-state index >= 15 is 0 Å². The summed E-state index contributed by atoms with van der Waals surface area (Å²) in [5.74, 6) is -0.114. The number of nitrogens with one attached hydrogen (secondary N) is 1. The molecule has 38 heavy (non-hydrogen) atoms. The van der Waals surface area contributed by atoms with Gasteiger partial charge >= 0.3 is 0 Å². The van der Waals surface area contributed by atoms with Crippen LogP contribution in [-0.4, -0.2) is 28.8 Å². The predicted molar refractivity (Wildman–Crippen MR) is 156 cm³/mol. The summed E-state index contributed by atoms with van der Waals surface area (Å²) in [6, 6.07) is 32.0. The van der Waals surface area contributed by atoms with Crippen LogP contribution in [0, 0.1) is 6.92 Å². The van der Waals surface area contributed by atoms with Crippen LogP contribution in [0.3, 0.4) is 0 Å². The van der Waals surface area contributed by atoms with E-state index in [9.17, 15) is 9.59 Å². The number of hydrogen-bond donors (Lipinski definition) is 1. The zero-order chi connectivity index (χ0) is 26.9. The molecule has 4 rings (SSSR count). The topological polar surface area (TPSA) is 49.4 Å². The van der Waals surface area contributed by atoms with Crippen molar-refractivity contribution >= 4 is 22.6 Å². The van der Waals surface area contributed by atoms with Gasteiger partial charge in [-0.1, -0.05) is 104 Å². The van der Waals surface area contributed by atoms with Gasteiger partial charge < -0.3 is 10.2 Å². The van der Waals surface area contributed by atoms with Crippen molar-refractivity contribution in [2.24, 2.45) is 0 Å². The molecule has 0 aliphatic carbocycles. The van der Waals surface area contributed by atoms with Crippen LogP contribution in [0.4, 0.5) is 0 Å². The van der Waals surface area contributed by atoms with Gasteiger partial charge in [0.05, 0.1) is 0 Å². The van der Waals surface area contributed by atoms with E-state index in [1.807, 2.05) is 73.7 Å². The van der Waals surface area contributed by atoms with Crippen molar-refractivity contribution in [2.75, 3.05) is 0 Å². The fourth-order valence-electron chi connectivity index (χ4n) is 4.86. The van der Waals surface area contributed by atoms with Crippen LogP contribution in [0.2, 0.25) is 0 Å². The Hall–Kier alpha value is -3.92. The summed E-state index contributed by atoms with van der Waals surface area (Å²) < 4.78 is 0. The van der Waals surface area contributed by atoms with Crippen LogP contribution >= 0.6 is 0 Å². The van der Waals surface area contributed by atoms with Gasteiger partial charge in [-0.2, -0.15) is 0 Å². The zero-order valence-electron chi connectivity index (χ0n) is 22.7. The average Bonchev–Trinajstić information content (AvgIpc) is 2.94. The summed E-state index contributed by atoms with van der Waals surface area (Å²) in [5, 5.41) is 5.49. The lowest BCUT2D eigenvalue weighted by atomic mass is 9.98. The molecule has 1 N–H and O–H groups in total. The number of nitrogens with zero attached hydrogens (tertiary/aromatic N) is 1. The highest BCUT2D eigenvalue weighted by Gasteiger charge is 2.31. The van der Waals surface area contributed by atoms with Gasteiger partial charge in [-0.25, -0.2) is 0 Å². The van der Waals surface area contributed by atoms with Crippen LogP contribution in [0.5, 0.6) is 0 Å². The molecule has 196 valence electrons. The van der Waals surface area contributed by atoms with E-state index in [0.29, 0.717) is 25.8 Å². The molecule has 2 atom stereocenters. The lowest BCUT2D eigenvalue weighted by Gasteiger charge is -2.33. The number of fused-ring (bicyclic) bond motifs is 1. The van der Waals surface area contributed by atoms with Crippen molar-refractivity contribution in [3.05, 3.63) is 119 Å². The third-order valence-corrected chi connectivity index (χ3v) is 7.36. The summed E-state index contributed by atoms with van der Waals surface area (Å²) >= 11 is 0. The largest absolute Gasteiger partial charge is 0.352 e. The first-order valence-electron chi connectivity index (χ1n) is 13.6. The molecule has 0 aromatic heterocycles. The van der Waals surface area contributed by atoms with Crippen molar-refractivity contribution in [2.45, 2.75) is 65.1 Å². The lowest BCUT2D eigenvalue weighted by molar-refractivity contribution is -0.141. The second-order valence-electron chi connectivity index (χ2n) is 10.1. The van der Waals surface area contributed by atoms with E-state index in [0.717, 1.165) is 28.7 Å². The number of aryl methyl sites for hydroxylation is 2. The Kier molecular flexibility index (Phi) is 9.31. The summed E-state index contributed by atoms with van der Waals surface area (Å²) in [6.07, 6.45) is 2.25. The second-order valence-corrected chi connectivity index (χ2v) is 10.1. The zero-order valence-corrected chi connectivity index (χ0v) is 22.7. The maximum atomic E-state index is 14.0. The normalized spacial score (nSPS) is 12.6. The Labute approximate surface area is 226 Å². The standard InChI is InChI=1S/C34H38N2O2/c1-4-26(3)35-34(38)32(23-27-14-6-5-7-15-27)36(24-30-17-9-8-13-25(30)2)33(37)22-21-29-19-12-18-28-16-10-11-20-31(28)29/h5-20,26,32H,4,21-24H2,1-3H3,(H,35,38)/t26-,32+/m1/s1. The first-order chi connectivity index (χ1) is 18.5. The number of amides is 2. The summed E-state index contributed by atoms with van der Waals surface area (Å²) in [5.41, 5.74) is 4.35. The highest BCUT2D eigenvalue weighted by atomic mass is 16.2. The summed E-state index contributed by atoms with van der Waals surface area (Å²) in [7, 11) is 0. The lowest BCUT2D eigenvalue weighted by Crippen LogP contribution is -2.52. The van der Waals surface area contributed by atoms with E-state index in [1.54, 1.807) is 4.90 Å². The van der Waals surface area contributed by atoms with Gasteiger partial charge in [0.15, 0.2) is 0 Å². The monoisotopic (exact) mass is 506 g/mol. The van der Waals surface area contributed by atoms with Crippen LogP contribution in [-0.2, 0) is 29.0 Å². The molecule has 0 fully saturated rings. The quantitative estimate of drug-likeness (QED) is 0.248. The minimum absolute atomic E-state index is 0.0126. The highest BCUT2D eigenvalue weighted by molar-refractivity contribution is 5.89. The van der Waals surface area contributed by atoms with Crippen molar-refractivity contribution in [1.82, 2.24) is 10.2 Å². The van der Waals surface area contributed by atoms with Crippen LogP contribution in [0.15, 0.2) is 97.1 Å². The van der Waals surface area contributed by atoms with E-state index in [4.69, 9.17) is 0 Å². The Morgan fingerprint density at radius 3 is 2.24 bits per heavy atom. The molecule has 4 nitrogen and oxygen atoms in total. The van der Waals surface area contributed by atoms with E-state index in [-0.39, 0.29) is 17.9 Å². The number of rotatable bonds is 11. The van der Waals surface area contributed by atoms with Crippen LogP contribution in [0.1, 0.15) is 48.9 Å². The molecule has 0 saturated carbocycles. The number of benzene rings is 4. The highest BCUT2D eigenvalue weighted by Crippen LogP contribution is 2.22. The maximum Gasteiger partial charge on any atom is 0.243 e. The van der Waals surface area contributed by atoms with Crippen molar-refractivity contribution in [3.8, 4) is 0 Å². The molecule has 0 radical (unpaired) electrons. The van der Waals surface area contributed by atoms with Gasteiger partial charge in [0.1, 0.15) is 6.04 Å². The molecule has 0 aliphatic heterocycles. The van der Waals surface area contributed by atoms with Crippen molar-refractivity contribution in [1.29, 1.82) is 0 Å². The van der Waals surface area contributed by atoms with Gasteiger partial charge in [0.25, 0.3) is 0 Å². The minimum Gasteiger partial charge on any atom is -0.352 e. The molecule has 4 aromatic rings. The molecule has 0 bridgehead atoms. The van der Waals surface area contributed by atoms with Crippen LogP contribution in [0.25, 0.3) is 10.8 Å². The van der Waals surface area contributed by atoms with Crippen molar-refractivity contribution < 1.29 is 9.59 Å². The predicted octanol–water partition coefficient (Wildman–Crippen LogP) is 6.64. The fraction of sp³-hybridized carbons (Fsp3) is 0.294. The smallest absolute Gasteiger partial charge is 0.243 e. The Balaban J connectivity index is 1.66. The molecule has 2 amide bonds. The van der Waals surface area contributed by atoms with Gasteiger partial charge in [-0.05, 0) is 59.7 Å².